The van der Waals surface area contributed by atoms with Gasteiger partial charge in [-0.3, -0.25) is 5.41 Å². The van der Waals surface area contributed by atoms with Gasteiger partial charge in [0.2, 0.25) is 0 Å². The Morgan fingerprint density at radius 1 is 1.45 bits per heavy atom. The van der Waals surface area contributed by atoms with Crippen LogP contribution in [0.1, 0.15) is 13.3 Å². The molecule has 0 aliphatic rings. The summed E-state index contributed by atoms with van der Waals surface area (Å²) < 4.78 is 38.0. The molecule has 0 saturated heterocycles. The third-order valence-corrected chi connectivity index (χ3v) is 0.731. The van der Waals surface area contributed by atoms with Crippen molar-refractivity contribution in [2.75, 3.05) is 6.61 Å². The maximum absolute atomic E-state index is 11.3. The Bertz CT molecular complexity index is 125. The molecule has 1 N–H and O–H groups in total. The zero-order valence-electron chi connectivity index (χ0n) is 5.86. The molecule has 0 aliphatic heterocycles. The molecule has 0 rings (SSSR count). The Morgan fingerprint density at radius 2 is 1.91 bits per heavy atom. The Kier molecular flexibility index (Phi) is 6.26. The summed E-state index contributed by atoms with van der Waals surface area (Å²) in [5.74, 6) is -0.336. The standard InChI is InChI=1S/C5H8F3NO.ClH/c1-2-4(9)10-3-5(6,7)8;/h9H,2-3H2,1H3;1H. The van der Waals surface area contributed by atoms with Crippen LogP contribution >= 0.6 is 12.4 Å². The van der Waals surface area contributed by atoms with Gasteiger partial charge < -0.3 is 4.74 Å². The first kappa shape index (κ1) is 13.2. The van der Waals surface area contributed by atoms with E-state index in [0.717, 1.165) is 0 Å². The number of hydrogen-bond donors (Lipinski definition) is 1. The molecule has 6 heteroatoms. The summed E-state index contributed by atoms with van der Waals surface area (Å²) in [6, 6.07) is 0. The predicted octanol–water partition coefficient (Wildman–Crippen LogP) is 2.37. The molecule has 0 heterocycles. The van der Waals surface area contributed by atoms with Crippen molar-refractivity contribution in [1.82, 2.24) is 0 Å². The van der Waals surface area contributed by atoms with Gasteiger partial charge in [0.25, 0.3) is 0 Å². The van der Waals surface area contributed by atoms with E-state index in [1.54, 1.807) is 6.92 Å². The second kappa shape index (κ2) is 5.23. The van der Waals surface area contributed by atoms with Gasteiger partial charge in [-0.2, -0.15) is 13.2 Å². The molecule has 0 aromatic carbocycles. The lowest BCUT2D eigenvalue weighted by Gasteiger charge is -2.07. The van der Waals surface area contributed by atoms with Crippen LogP contribution < -0.4 is 0 Å². The van der Waals surface area contributed by atoms with Gasteiger partial charge in [-0.1, -0.05) is 6.92 Å². The molecule has 0 unspecified atom stereocenters. The van der Waals surface area contributed by atoms with Crippen molar-refractivity contribution in [2.24, 2.45) is 0 Å². The molecule has 0 spiro atoms. The first-order chi connectivity index (χ1) is 4.45. The fourth-order valence-corrected chi connectivity index (χ4v) is 0.271. The number of hydrogen-bond acceptors (Lipinski definition) is 2. The van der Waals surface area contributed by atoms with Crippen LogP contribution in [0.25, 0.3) is 0 Å². The van der Waals surface area contributed by atoms with Crippen molar-refractivity contribution >= 4 is 18.3 Å². The summed E-state index contributed by atoms with van der Waals surface area (Å²) in [7, 11) is 0. The molecule has 68 valence electrons. The van der Waals surface area contributed by atoms with Crippen molar-refractivity contribution in [1.29, 1.82) is 5.41 Å². The first-order valence-corrected chi connectivity index (χ1v) is 2.72. The average molecular weight is 192 g/mol. The molecular weight excluding hydrogens is 183 g/mol. The highest BCUT2D eigenvalue weighted by Gasteiger charge is 2.28. The predicted molar refractivity (Wildman–Crippen MR) is 37.3 cm³/mol. The summed E-state index contributed by atoms with van der Waals surface area (Å²) in [6.45, 7) is 0.193. The Hall–Kier alpha value is -0.450. The van der Waals surface area contributed by atoms with Crippen LogP contribution in [0, 0.1) is 5.41 Å². The van der Waals surface area contributed by atoms with Crippen molar-refractivity contribution in [2.45, 2.75) is 19.5 Å². The number of ether oxygens (including phenoxy) is 1. The smallest absolute Gasteiger partial charge is 0.422 e. The molecule has 0 fully saturated rings. The monoisotopic (exact) mass is 191 g/mol. The van der Waals surface area contributed by atoms with Gasteiger partial charge in [0.1, 0.15) is 0 Å². The molecule has 0 bridgehead atoms. The summed E-state index contributed by atoms with van der Waals surface area (Å²) in [5, 5.41) is 6.70. The van der Waals surface area contributed by atoms with E-state index in [2.05, 4.69) is 4.74 Å². The van der Waals surface area contributed by atoms with Crippen LogP contribution in [-0.2, 0) is 4.74 Å². The lowest BCUT2D eigenvalue weighted by atomic mass is 10.5. The molecule has 0 amide bonds. The largest absolute Gasteiger partial charge is 0.472 e. The molecule has 11 heavy (non-hydrogen) atoms. The summed E-state index contributed by atoms with van der Waals surface area (Å²) in [4.78, 5) is 0. The summed E-state index contributed by atoms with van der Waals surface area (Å²) in [6.07, 6.45) is -4.14. The lowest BCUT2D eigenvalue weighted by molar-refractivity contribution is -0.156. The SMILES string of the molecule is CCC(=N)OCC(F)(F)F.Cl. The number of rotatable bonds is 2. The van der Waals surface area contributed by atoms with Crippen molar-refractivity contribution in [3.63, 3.8) is 0 Å². The second-order valence-electron chi connectivity index (χ2n) is 1.68. The minimum atomic E-state index is -4.33. The van der Waals surface area contributed by atoms with E-state index in [9.17, 15) is 13.2 Å². The quantitative estimate of drug-likeness (QED) is 0.528. The van der Waals surface area contributed by atoms with Gasteiger partial charge in [0.05, 0.1) is 0 Å². The maximum Gasteiger partial charge on any atom is 0.422 e. The zero-order valence-corrected chi connectivity index (χ0v) is 6.68. The summed E-state index contributed by atoms with van der Waals surface area (Å²) in [5.41, 5.74) is 0. The third kappa shape index (κ3) is 9.55. The van der Waals surface area contributed by atoms with E-state index < -0.39 is 12.8 Å². The van der Waals surface area contributed by atoms with Crippen LogP contribution in [0.4, 0.5) is 13.2 Å². The van der Waals surface area contributed by atoms with E-state index in [0.29, 0.717) is 0 Å². The topological polar surface area (TPSA) is 33.1 Å². The van der Waals surface area contributed by atoms with Gasteiger partial charge >= 0.3 is 6.18 Å². The van der Waals surface area contributed by atoms with Crippen LogP contribution in [0.2, 0.25) is 0 Å². The van der Waals surface area contributed by atoms with Crippen LogP contribution in [0.5, 0.6) is 0 Å². The van der Waals surface area contributed by atoms with Gasteiger partial charge in [-0.05, 0) is 0 Å². The normalized spacial score (nSPS) is 10.2. The Balaban J connectivity index is 0. The molecule has 0 aliphatic carbocycles. The third-order valence-electron chi connectivity index (χ3n) is 0.731. The van der Waals surface area contributed by atoms with Gasteiger partial charge in [-0.25, -0.2) is 0 Å². The lowest BCUT2D eigenvalue weighted by Crippen LogP contribution is -2.19. The molecule has 2 nitrogen and oxygen atoms in total. The number of nitrogens with one attached hydrogen (secondary N) is 1. The highest BCUT2D eigenvalue weighted by Crippen LogP contribution is 2.14. The molecule has 0 radical (unpaired) electrons. The van der Waals surface area contributed by atoms with Gasteiger partial charge in [0.15, 0.2) is 12.5 Å². The number of alkyl halides is 3. The fraction of sp³-hybridized carbons (Fsp3) is 0.800. The molecule has 0 saturated carbocycles. The van der Waals surface area contributed by atoms with Crippen molar-refractivity contribution < 1.29 is 17.9 Å². The molecule has 0 aromatic heterocycles. The fourth-order valence-electron chi connectivity index (χ4n) is 0.271. The Morgan fingerprint density at radius 3 is 2.18 bits per heavy atom. The van der Waals surface area contributed by atoms with Crippen molar-refractivity contribution in [3.05, 3.63) is 0 Å². The average Bonchev–Trinajstić information content (AvgIpc) is 1.81. The highest BCUT2D eigenvalue weighted by atomic mass is 35.5. The van der Waals surface area contributed by atoms with E-state index in [1.807, 2.05) is 0 Å². The molecule has 0 atom stereocenters. The zero-order chi connectivity index (χ0) is 8.20. The van der Waals surface area contributed by atoms with Crippen LogP contribution in [-0.4, -0.2) is 18.7 Å². The minimum absolute atomic E-state index is 0. The van der Waals surface area contributed by atoms with Gasteiger partial charge in [0, 0.05) is 6.42 Å². The highest BCUT2D eigenvalue weighted by molar-refractivity contribution is 5.85. The van der Waals surface area contributed by atoms with Crippen LogP contribution in [0.3, 0.4) is 0 Å². The van der Waals surface area contributed by atoms with E-state index in [-0.39, 0.29) is 24.7 Å². The second-order valence-corrected chi connectivity index (χ2v) is 1.68. The van der Waals surface area contributed by atoms with Crippen LogP contribution in [0.15, 0.2) is 0 Å². The van der Waals surface area contributed by atoms with Gasteiger partial charge in [-0.15, -0.1) is 12.4 Å². The maximum atomic E-state index is 11.3. The van der Waals surface area contributed by atoms with E-state index in [4.69, 9.17) is 5.41 Å². The Labute approximate surface area is 68.6 Å². The van der Waals surface area contributed by atoms with E-state index in [1.165, 1.54) is 0 Å². The van der Waals surface area contributed by atoms with E-state index >= 15 is 0 Å². The number of halogens is 4. The molecular formula is C5H9ClF3NO. The minimum Gasteiger partial charge on any atom is -0.472 e. The van der Waals surface area contributed by atoms with Crippen molar-refractivity contribution in [3.8, 4) is 0 Å². The summed E-state index contributed by atoms with van der Waals surface area (Å²) >= 11 is 0. The molecule has 0 aromatic rings. The first-order valence-electron chi connectivity index (χ1n) is 2.72.